The standard InChI is InChI=1S/C9H13N3O2S2/c1-6(14)12(7-2-3-7)8-10-11-9(16-8)15-5-4-13/h7,13H,2-5H2,1H3. The average Bonchev–Trinajstić information content (AvgIpc) is 2.95. The highest BCUT2D eigenvalue weighted by atomic mass is 32.2. The summed E-state index contributed by atoms with van der Waals surface area (Å²) in [6, 6.07) is 0.321. The van der Waals surface area contributed by atoms with Crippen LogP contribution in [0.2, 0.25) is 0 Å². The number of carbonyl (C=O) groups is 1. The molecule has 1 heterocycles. The first kappa shape index (κ1) is 11.8. The van der Waals surface area contributed by atoms with Gasteiger partial charge in [-0.1, -0.05) is 23.1 Å². The van der Waals surface area contributed by atoms with Crippen molar-refractivity contribution >= 4 is 34.1 Å². The highest BCUT2D eigenvalue weighted by Crippen LogP contribution is 2.35. The molecule has 0 atom stereocenters. The Bertz CT molecular complexity index is 379. The summed E-state index contributed by atoms with van der Waals surface area (Å²) in [6.07, 6.45) is 2.11. The van der Waals surface area contributed by atoms with Crippen molar-refractivity contribution in [1.29, 1.82) is 0 Å². The molecule has 1 fully saturated rings. The molecule has 1 amide bonds. The molecule has 1 aromatic rings. The number of nitrogens with zero attached hydrogens (tertiary/aromatic N) is 3. The molecule has 1 N–H and O–H groups in total. The topological polar surface area (TPSA) is 66.3 Å². The van der Waals surface area contributed by atoms with Crippen molar-refractivity contribution in [3.05, 3.63) is 0 Å². The smallest absolute Gasteiger partial charge is 0.225 e. The van der Waals surface area contributed by atoms with Crippen LogP contribution in [-0.2, 0) is 4.79 Å². The monoisotopic (exact) mass is 259 g/mol. The second kappa shape index (κ2) is 5.11. The minimum Gasteiger partial charge on any atom is -0.396 e. The predicted octanol–water partition coefficient (Wildman–Crippen LogP) is 1.14. The summed E-state index contributed by atoms with van der Waals surface area (Å²) < 4.78 is 0.802. The summed E-state index contributed by atoms with van der Waals surface area (Å²) in [4.78, 5) is 13.2. The largest absolute Gasteiger partial charge is 0.396 e. The van der Waals surface area contributed by atoms with Crippen LogP contribution in [0.3, 0.4) is 0 Å². The fourth-order valence-corrected chi connectivity index (χ4v) is 3.14. The Balaban J connectivity index is 2.06. The summed E-state index contributed by atoms with van der Waals surface area (Å²) in [5, 5.41) is 17.4. The molecule has 1 aliphatic carbocycles. The van der Waals surface area contributed by atoms with Crippen molar-refractivity contribution in [2.45, 2.75) is 30.1 Å². The maximum Gasteiger partial charge on any atom is 0.225 e. The van der Waals surface area contributed by atoms with Gasteiger partial charge in [0.05, 0.1) is 6.61 Å². The summed E-state index contributed by atoms with van der Waals surface area (Å²) in [5.74, 6) is 0.635. The molecule has 0 radical (unpaired) electrons. The molecular formula is C9H13N3O2S2. The first-order valence-electron chi connectivity index (χ1n) is 5.09. The quantitative estimate of drug-likeness (QED) is 0.634. The highest BCUT2D eigenvalue weighted by molar-refractivity contribution is 8.01. The van der Waals surface area contributed by atoms with E-state index in [1.54, 1.807) is 11.8 Å². The number of amides is 1. The number of rotatable bonds is 5. The van der Waals surface area contributed by atoms with Crippen molar-refractivity contribution in [2.24, 2.45) is 0 Å². The molecule has 0 bridgehead atoms. The van der Waals surface area contributed by atoms with Gasteiger partial charge in [-0.05, 0) is 12.8 Å². The molecular weight excluding hydrogens is 246 g/mol. The normalized spacial score (nSPS) is 15.1. The molecule has 1 saturated carbocycles. The molecule has 0 spiro atoms. The fraction of sp³-hybridized carbons (Fsp3) is 0.667. The lowest BCUT2D eigenvalue weighted by molar-refractivity contribution is -0.116. The zero-order valence-electron chi connectivity index (χ0n) is 8.92. The van der Waals surface area contributed by atoms with Crippen molar-refractivity contribution in [2.75, 3.05) is 17.3 Å². The second-order valence-corrected chi connectivity index (χ2v) is 5.84. The van der Waals surface area contributed by atoms with Crippen molar-refractivity contribution in [3.63, 3.8) is 0 Å². The number of aliphatic hydroxyl groups is 1. The Morgan fingerprint density at radius 1 is 1.62 bits per heavy atom. The summed E-state index contributed by atoms with van der Waals surface area (Å²) in [7, 11) is 0. The van der Waals surface area contributed by atoms with Gasteiger partial charge in [-0.2, -0.15) is 0 Å². The molecule has 7 heteroatoms. The van der Waals surface area contributed by atoms with Crippen LogP contribution in [0.1, 0.15) is 19.8 Å². The average molecular weight is 259 g/mol. The number of thioether (sulfide) groups is 1. The van der Waals surface area contributed by atoms with Gasteiger partial charge in [0.2, 0.25) is 11.0 Å². The van der Waals surface area contributed by atoms with Crippen LogP contribution in [0.25, 0.3) is 0 Å². The van der Waals surface area contributed by atoms with E-state index in [1.807, 2.05) is 0 Å². The van der Waals surface area contributed by atoms with E-state index < -0.39 is 0 Å². The van der Waals surface area contributed by atoms with E-state index in [0.717, 1.165) is 17.2 Å². The van der Waals surface area contributed by atoms with Crippen LogP contribution >= 0.6 is 23.1 Å². The number of hydrogen-bond donors (Lipinski definition) is 1. The van der Waals surface area contributed by atoms with Gasteiger partial charge in [-0.15, -0.1) is 10.2 Å². The SMILES string of the molecule is CC(=O)N(c1nnc(SCCO)s1)C1CC1. The third kappa shape index (κ3) is 2.72. The van der Waals surface area contributed by atoms with E-state index in [9.17, 15) is 4.79 Å². The minimum atomic E-state index is 0.0253. The third-order valence-corrected chi connectivity index (χ3v) is 4.21. The van der Waals surface area contributed by atoms with Crippen molar-refractivity contribution < 1.29 is 9.90 Å². The number of hydrogen-bond acceptors (Lipinski definition) is 6. The van der Waals surface area contributed by atoms with Crippen molar-refractivity contribution in [3.8, 4) is 0 Å². The van der Waals surface area contributed by atoms with Gasteiger partial charge >= 0.3 is 0 Å². The van der Waals surface area contributed by atoms with Gasteiger partial charge in [-0.3, -0.25) is 9.69 Å². The molecule has 1 aromatic heterocycles. The van der Waals surface area contributed by atoms with E-state index in [4.69, 9.17) is 5.11 Å². The zero-order valence-corrected chi connectivity index (χ0v) is 10.6. The van der Waals surface area contributed by atoms with E-state index in [2.05, 4.69) is 10.2 Å². The third-order valence-electron chi connectivity index (χ3n) is 2.17. The molecule has 1 aliphatic rings. The Morgan fingerprint density at radius 3 is 2.94 bits per heavy atom. The van der Waals surface area contributed by atoms with Crippen LogP contribution in [0.15, 0.2) is 4.34 Å². The first-order valence-corrected chi connectivity index (χ1v) is 6.89. The Hall–Kier alpha value is -0.660. The minimum absolute atomic E-state index is 0.0253. The lowest BCUT2D eigenvalue weighted by Gasteiger charge is -2.15. The van der Waals surface area contributed by atoms with Crippen LogP contribution in [0, 0.1) is 0 Å². The fourth-order valence-electron chi connectivity index (χ4n) is 1.37. The van der Waals surface area contributed by atoms with Gasteiger partial charge in [0, 0.05) is 18.7 Å². The number of anilines is 1. The predicted molar refractivity (Wildman–Crippen MR) is 63.9 cm³/mol. The molecule has 0 unspecified atom stereocenters. The zero-order chi connectivity index (χ0) is 11.5. The molecule has 88 valence electrons. The number of aliphatic hydroxyl groups excluding tert-OH is 1. The maximum atomic E-state index is 11.5. The Morgan fingerprint density at radius 2 is 2.38 bits per heavy atom. The van der Waals surface area contributed by atoms with Crippen LogP contribution in [0.5, 0.6) is 0 Å². The summed E-state index contributed by atoms with van der Waals surface area (Å²) in [5.41, 5.74) is 0. The molecule has 0 saturated heterocycles. The highest BCUT2D eigenvalue weighted by Gasteiger charge is 2.34. The molecule has 0 aliphatic heterocycles. The Kier molecular flexibility index (Phi) is 3.78. The lowest BCUT2D eigenvalue weighted by Crippen LogP contribution is -2.30. The van der Waals surface area contributed by atoms with Gasteiger partial charge < -0.3 is 5.11 Å². The van der Waals surface area contributed by atoms with E-state index in [0.29, 0.717) is 16.9 Å². The van der Waals surface area contributed by atoms with Gasteiger partial charge in [0.1, 0.15) is 0 Å². The molecule has 0 aromatic carbocycles. The number of aromatic nitrogens is 2. The number of carbonyl (C=O) groups excluding carboxylic acids is 1. The van der Waals surface area contributed by atoms with Crippen LogP contribution in [0.4, 0.5) is 5.13 Å². The molecule has 16 heavy (non-hydrogen) atoms. The van der Waals surface area contributed by atoms with Gasteiger partial charge in [0.25, 0.3) is 0 Å². The second-order valence-electron chi connectivity index (χ2n) is 3.54. The van der Waals surface area contributed by atoms with Gasteiger partial charge in [0.15, 0.2) is 4.34 Å². The Labute approximate surface area is 102 Å². The van der Waals surface area contributed by atoms with E-state index in [-0.39, 0.29) is 12.5 Å². The van der Waals surface area contributed by atoms with Crippen molar-refractivity contribution in [1.82, 2.24) is 10.2 Å². The molecule has 2 rings (SSSR count). The summed E-state index contributed by atoms with van der Waals surface area (Å²) >= 11 is 2.87. The van der Waals surface area contributed by atoms with E-state index >= 15 is 0 Å². The molecule has 5 nitrogen and oxygen atoms in total. The van der Waals surface area contributed by atoms with Gasteiger partial charge in [-0.25, -0.2) is 0 Å². The van der Waals surface area contributed by atoms with E-state index in [1.165, 1.54) is 23.1 Å². The lowest BCUT2D eigenvalue weighted by atomic mass is 10.5. The van der Waals surface area contributed by atoms with Crippen LogP contribution in [-0.4, -0.2) is 39.6 Å². The van der Waals surface area contributed by atoms with Crippen LogP contribution < -0.4 is 4.90 Å². The first-order chi connectivity index (χ1) is 7.72. The maximum absolute atomic E-state index is 11.5. The summed E-state index contributed by atoms with van der Waals surface area (Å²) in [6.45, 7) is 1.68.